The molecule has 0 radical (unpaired) electrons. The van der Waals surface area contributed by atoms with Gasteiger partial charge in [0.05, 0.1) is 6.42 Å². The standard InChI is InChI=1S/C14H15FN2O3/c1-2-11-14(20)16-12(18)8-17(11)13(19)7-9-5-3-4-6-10(9)15/h3-6,11H,2,7-8H2,1H3,(H,16,18,20). The lowest BCUT2D eigenvalue weighted by Crippen LogP contribution is -2.59. The van der Waals surface area contributed by atoms with Crippen LogP contribution in [-0.2, 0) is 20.8 Å². The quantitative estimate of drug-likeness (QED) is 0.825. The van der Waals surface area contributed by atoms with Crippen molar-refractivity contribution < 1.29 is 18.8 Å². The molecule has 3 amide bonds. The first-order valence-corrected chi connectivity index (χ1v) is 6.39. The van der Waals surface area contributed by atoms with Crippen molar-refractivity contribution in [3.63, 3.8) is 0 Å². The minimum absolute atomic E-state index is 0.163. The van der Waals surface area contributed by atoms with E-state index in [2.05, 4.69) is 5.32 Å². The molecule has 1 aromatic rings. The lowest BCUT2D eigenvalue weighted by Gasteiger charge is -2.33. The second-order valence-electron chi connectivity index (χ2n) is 4.63. The molecule has 1 saturated heterocycles. The number of amides is 3. The SMILES string of the molecule is CCC1C(=O)NC(=O)CN1C(=O)Cc1ccccc1F. The molecule has 0 bridgehead atoms. The Bertz CT molecular complexity index is 559. The van der Waals surface area contributed by atoms with Crippen LogP contribution < -0.4 is 5.32 Å². The maximum Gasteiger partial charge on any atom is 0.249 e. The van der Waals surface area contributed by atoms with Crippen LogP contribution in [0.5, 0.6) is 0 Å². The fraction of sp³-hybridized carbons (Fsp3) is 0.357. The third kappa shape index (κ3) is 2.84. The number of hydrogen-bond donors (Lipinski definition) is 1. The van der Waals surface area contributed by atoms with Crippen molar-refractivity contribution in [3.05, 3.63) is 35.6 Å². The van der Waals surface area contributed by atoms with Crippen LogP contribution >= 0.6 is 0 Å². The van der Waals surface area contributed by atoms with E-state index in [-0.39, 0.29) is 18.5 Å². The van der Waals surface area contributed by atoms with Crippen LogP contribution in [0.25, 0.3) is 0 Å². The molecular formula is C14H15FN2O3. The number of halogens is 1. The molecule has 1 fully saturated rings. The molecular weight excluding hydrogens is 263 g/mol. The number of piperazine rings is 1. The maximum absolute atomic E-state index is 13.5. The summed E-state index contributed by atoms with van der Waals surface area (Å²) in [5, 5.41) is 2.19. The summed E-state index contributed by atoms with van der Waals surface area (Å²) in [4.78, 5) is 36.5. The van der Waals surface area contributed by atoms with Gasteiger partial charge < -0.3 is 4.90 Å². The first-order valence-electron chi connectivity index (χ1n) is 6.39. The van der Waals surface area contributed by atoms with E-state index in [0.717, 1.165) is 0 Å². The van der Waals surface area contributed by atoms with Crippen molar-refractivity contribution in [1.29, 1.82) is 0 Å². The Morgan fingerprint density at radius 2 is 2.10 bits per heavy atom. The van der Waals surface area contributed by atoms with Gasteiger partial charge in [-0.1, -0.05) is 25.1 Å². The third-order valence-corrected chi connectivity index (χ3v) is 3.26. The summed E-state index contributed by atoms with van der Waals surface area (Å²) >= 11 is 0. The lowest BCUT2D eigenvalue weighted by atomic mass is 10.1. The van der Waals surface area contributed by atoms with Gasteiger partial charge in [-0.15, -0.1) is 0 Å². The summed E-state index contributed by atoms with van der Waals surface area (Å²) in [6.45, 7) is 1.58. The zero-order valence-electron chi connectivity index (χ0n) is 11.1. The summed E-state index contributed by atoms with van der Waals surface area (Å²) in [6, 6.07) is 5.29. The monoisotopic (exact) mass is 278 g/mol. The van der Waals surface area contributed by atoms with Crippen LogP contribution in [0.4, 0.5) is 4.39 Å². The number of carbonyl (C=O) groups excluding carboxylic acids is 3. The van der Waals surface area contributed by atoms with Gasteiger partial charge in [-0.25, -0.2) is 4.39 Å². The smallest absolute Gasteiger partial charge is 0.249 e. The molecule has 20 heavy (non-hydrogen) atoms. The summed E-state index contributed by atoms with van der Waals surface area (Å²) < 4.78 is 13.5. The van der Waals surface area contributed by atoms with Crippen molar-refractivity contribution in [2.45, 2.75) is 25.8 Å². The lowest BCUT2D eigenvalue weighted by molar-refractivity contribution is -0.149. The molecule has 1 aliphatic rings. The molecule has 0 aliphatic carbocycles. The number of carbonyl (C=O) groups is 3. The average Bonchev–Trinajstić information content (AvgIpc) is 2.40. The van der Waals surface area contributed by atoms with Crippen LogP contribution in [-0.4, -0.2) is 35.2 Å². The van der Waals surface area contributed by atoms with Crippen molar-refractivity contribution >= 4 is 17.7 Å². The maximum atomic E-state index is 13.5. The summed E-state index contributed by atoms with van der Waals surface area (Å²) in [5.41, 5.74) is 0.255. The van der Waals surface area contributed by atoms with E-state index in [1.807, 2.05) is 0 Å². The van der Waals surface area contributed by atoms with Crippen LogP contribution in [0.1, 0.15) is 18.9 Å². The van der Waals surface area contributed by atoms with Gasteiger partial charge in [0.25, 0.3) is 0 Å². The average molecular weight is 278 g/mol. The molecule has 106 valence electrons. The Labute approximate surface area is 115 Å². The summed E-state index contributed by atoms with van der Waals surface area (Å²) in [5.74, 6) is -1.89. The fourth-order valence-corrected chi connectivity index (χ4v) is 2.24. The van der Waals surface area contributed by atoms with E-state index in [1.54, 1.807) is 13.0 Å². The largest absolute Gasteiger partial charge is 0.321 e. The van der Waals surface area contributed by atoms with Gasteiger partial charge in [0, 0.05) is 0 Å². The van der Waals surface area contributed by atoms with Crippen LogP contribution in [0.15, 0.2) is 24.3 Å². The van der Waals surface area contributed by atoms with Crippen molar-refractivity contribution in [2.24, 2.45) is 0 Å². The van der Waals surface area contributed by atoms with Gasteiger partial charge in [-0.3, -0.25) is 19.7 Å². The Balaban J connectivity index is 2.16. The molecule has 5 nitrogen and oxygen atoms in total. The molecule has 0 spiro atoms. The first-order chi connectivity index (χ1) is 9.52. The number of nitrogens with one attached hydrogen (secondary N) is 1. The summed E-state index contributed by atoms with van der Waals surface area (Å²) in [6.07, 6.45) is 0.242. The van der Waals surface area contributed by atoms with Gasteiger partial charge in [0.1, 0.15) is 18.4 Å². The highest BCUT2D eigenvalue weighted by molar-refractivity contribution is 6.04. The van der Waals surface area contributed by atoms with E-state index in [4.69, 9.17) is 0 Å². The van der Waals surface area contributed by atoms with E-state index in [0.29, 0.717) is 6.42 Å². The second kappa shape index (κ2) is 5.81. The Hall–Kier alpha value is -2.24. The number of benzene rings is 1. The molecule has 1 aromatic carbocycles. The van der Waals surface area contributed by atoms with E-state index in [1.165, 1.54) is 23.1 Å². The Morgan fingerprint density at radius 1 is 1.40 bits per heavy atom. The first kappa shape index (κ1) is 14.2. The van der Waals surface area contributed by atoms with Gasteiger partial charge in [0.2, 0.25) is 17.7 Å². The van der Waals surface area contributed by atoms with E-state index < -0.39 is 29.6 Å². The van der Waals surface area contributed by atoms with Gasteiger partial charge in [-0.05, 0) is 18.1 Å². The molecule has 1 N–H and O–H groups in total. The number of imide groups is 1. The van der Waals surface area contributed by atoms with E-state index >= 15 is 0 Å². The van der Waals surface area contributed by atoms with E-state index in [9.17, 15) is 18.8 Å². The van der Waals surface area contributed by atoms with Crippen LogP contribution in [0, 0.1) is 5.82 Å². The molecule has 0 saturated carbocycles. The van der Waals surface area contributed by atoms with Gasteiger partial charge >= 0.3 is 0 Å². The zero-order valence-corrected chi connectivity index (χ0v) is 11.1. The van der Waals surface area contributed by atoms with Crippen LogP contribution in [0.2, 0.25) is 0 Å². The Kier molecular flexibility index (Phi) is 4.12. The fourth-order valence-electron chi connectivity index (χ4n) is 2.24. The topological polar surface area (TPSA) is 66.5 Å². The second-order valence-corrected chi connectivity index (χ2v) is 4.63. The summed E-state index contributed by atoms with van der Waals surface area (Å²) in [7, 11) is 0. The van der Waals surface area contributed by atoms with Crippen molar-refractivity contribution in [2.75, 3.05) is 6.54 Å². The molecule has 1 unspecified atom stereocenters. The predicted octanol–water partition coefficient (Wildman–Crippen LogP) is 0.632. The van der Waals surface area contributed by atoms with Crippen LogP contribution in [0.3, 0.4) is 0 Å². The number of rotatable bonds is 3. The minimum atomic E-state index is -0.674. The number of nitrogens with zero attached hydrogens (tertiary/aromatic N) is 1. The zero-order chi connectivity index (χ0) is 14.7. The molecule has 0 aromatic heterocycles. The van der Waals surface area contributed by atoms with Gasteiger partial charge in [-0.2, -0.15) is 0 Å². The molecule has 2 rings (SSSR count). The Morgan fingerprint density at radius 3 is 2.75 bits per heavy atom. The number of hydrogen-bond acceptors (Lipinski definition) is 3. The molecule has 1 atom stereocenters. The highest BCUT2D eigenvalue weighted by Gasteiger charge is 2.35. The highest BCUT2D eigenvalue weighted by atomic mass is 19.1. The molecule has 1 aliphatic heterocycles. The van der Waals surface area contributed by atoms with Gasteiger partial charge in [0.15, 0.2) is 0 Å². The minimum Gasteiger partial charge on any atom is -0.321 e. The van der Waals surface area contributed by atoms with Crippen molar-refractivity contribution in [1.82, 2.24) is 10.2 Å². The normalized spacial score (nSPS) is 18.9. The highest BCUT2D eigenvalue weighted by Crippen LogP contribution is 2.14. The predicted molar refractivity (Wildman–Crippen MR) is 69.0 cm³/mol. The third-order valence-electron chi connectivity index (χ3n) is 3.26. The molecule has 1 heterocycles. The molecule has 6 heteroatoms. The van der Waals surface area contributed by atoms with Crippen molar-refractivity contribution in [3.8, 4) is 0 Å².